The van der Waals surface area contributed by atoms with Gasteiger partial charge in [-0.05, 0) is 25.5 Å². The number of pyridine rings is 1. The van der Waals surface area contributed by atoms with Crippen molar-refractivity contribution in [1.29, 1.82) is 0 Å². The van der Waals surface area contributed by atoms with Crippen LogP contribution in [0.4, 0.5) is 0 Å². The highest BCUT2D eigenvalue weighted by Gasteiger charge is 2.07. The third-order valence-corrected chi connectivity index (χ3v) is 3.62. The summed E-state index contributed by atoms with van der Waals surface area (Å²) in [5.74, 6) is 0. The lowest BCUT2D eigenvalue weighted by atomic mass is 10.1. The standard InChI is InChI=1S/C19H33N5/c1-5-8-18(14-22-15(2)3)24-19(12-20)11-16(4)23-13-17-9-6-7-10-21-17/h6-7,9-10,12,15-16,22-23H,5,8,11,13-14,20H2,1-4H3/b19-12-,24-18?. The van der Waals surface area contributed by atoms with Gasteiger partial charge in [-0.3, -0.25) is 9.98 Å². The summed E-state index contributed by atoms with van der Waals surface area (Å²) in [4.78, 5) is 9.11. The largest absolute Gasteiger partial charge is 0.403 e. The number of hydrogen-bond donors (Lipinski definition) is 3. The van der Waals surface area contributed by atoms with Gasteiger partial charge in [0.15, 0.2) is 0 Å². The summed E-state index contributed by atoms with van der Waals surface area (Å²) in [5.41, 5.74) is 8.94. The summed E-state index contributed by atoms with van der Waals surface area (Å²) in [7, 11) is 0. The first kappa shape index (κ1) is 20.3. The second-order valence-electron chi connectivity index (χ2n) is 6.43. The zero-order valence-corrected chi connectivity index (χ0v) is 15.5. The number of nitrogens with zero attached hydrogens (tertiary/aromatic N) is 2. The molecule has 0 radical (unpaired) electrons. The van der Waals surface area contributed by atoms with E-state index in [0.29, 0.717) is 6.04 Å². The molecule has 0 aromatic carbocycles. The third-order valence-electron chi connectivity index (χ3n) is 3.62. The first-order chi connectivity index (χ1) is 11.5. The molecule has 0 amide bonds. The summed E-state index contributed by atoms with van der Waals surface area (Å²) in [6.07, 6.45) is 6.33. The summed E-state index contributed by atoms with van der Waals surface area (Å²) < 4.78 is 0. The smallest absolute Gasteiger partial charge is 0.0573 e. The highest BCUT2D eigenvalue weighted by Crippen LogP contribution is 2.09. The van der Waals surface area contributed by atoms with Crippen LogP contribution in [0.1, 0.15) is 52.7 Å². The quantitative estimate of drug-likeness (QED) is 0.545. The molecular weight excluding hydrogens is 298 g/mol. The molecule has 0 aliphatic carbocycles. The number of hydrogen-bond acceptors (Lipinski definition) is 5. The number of nitrogens with one attached hydrogen (secondary N) is 2. The Labute approximate surface area is 146 Å². The van der Waals surface area contributed by atoms with Crippen LogP contribution in [0, 0.1) is 0 Å². The van der Waals surface area contributed by atoms with E-state index in [1.807, 2.05) is 24.4 Å². The maximum Gasteiger partial charge on any atom is 0.0573 e. The van der Waals surface area contributed by atoms with E-state index >= 15 is 0 Å². The molecule has 1 rings (SSSR count). The van der Waals surface area contributed by atoms with Gasteiger partial charge in [0.1, 0.15) is 0 Å². The first-order valence-corrected chi connectivity index (χ1v) is 8.89. The fraction of sp³-hybridized carbons (Fsp3) is 0.579. The van der Waals surface area contributed by atoms with E-state index in [2.05, 4.69) is 43.3 Å². The SMILES string of the molecule is CCCC(CNC(C)C)=N/C(=C\N)CC(C)NCc1ccccn1. The van der Waals surface area contributed by atoms with Gasteiger partial charge in [-0.15, -0.1) is 0 Å². The fourth-order valence-corrected chi connectivity index (χ4v) is 2.32. The maximum atomic E-state index is 5.80. The normalized spacial score (nSPS) is 14.2. The van der Waals surface area contributed by atoms with Crippen molar-refractivity contribution in [2.24, 2.45) is 10.7 Å². The molecular formula is C19H33N5. The number of aromatic nitrogens is 1. The molecule has 0 aliphatic rings. The van der Waals surface area contributed by atoms with Crippen LogP contribution in [0.15, 0.2) is 41.3 Å². The topological polar surface area (TPSA) is 75.3 Å². The average Bonchev–Trinajstić information content (AvgIpc) is 2.58. The minimum Gasteiger partial charge on any atom is -0.403 e. The van der Waals surface area contributed by atoms with Gasteiger partial charge < -0.3 is 16.4 Å². The predicted molar refractivity (Wildman–Crippen MR) is 103 cm³/mol. The van der Waals surface area contributed by atoms with Gasteiger partial charge in [0.25, 0.3) is 0 Å². The Balaban J connectivity index is 2.55. The number of rotatable bonds is 11. The predicted octanol–water partition coefficient (Wildman–Crippen LogP) is 2.99. The van der Waals surface area contributed by atoms with Gasteiger partial charge in [0, 0.05) is 49.7 Å². The van der Waals surface area contributed by atoms with Crippen LogP contribution in [0.25, 0.3) is 0 Å². The highest BCUT2D eigenvalue weighted by molar-refractivity contribution is 5.87. The molecule has 1 heterocycles. The Morgan fingerprint density at radius 3 is 2.67 bits per heavy atom. The maximum absolute atomic E-state index is 5.80. The van der Waals surface area contributed by atoms with E-state index in [1.54, 1.807) is 6.20 Å². The van der Waals surface area contributed by atoms with Crippen LogP contribution < -0.4 is 16.4 Å². The van der Waals surface area contributed by atoms with Crippen LogP contribution in [0.5, 0.6) is 0 Å². The molecule has 1 atom stereocenters. The average molecular weight is 332 g/mol. The van der Waals surface area contributed by atoms with Crippen LogP contribution in [0.2, 0.25) is 0 Å². The monoisotopic (exact) mass is 331 g/mol. The van der Waals surface area contributed by atoms with Gasteiger partial charge in [0.05, 0.1) is 11.4 Å². The van der Waals surface area contributed by atoms with E-state index in [4.69, 9.17) is 10.7 Å². The van der Waals surface area contributed by atoms with Gasteiger partial charge in [0.2, 0.25) is 0 Å². The van der Waals surface area contributed by atoms with E-state index in [-0.39, 0.29) is 6.04 Å². The molecule has 0 fully saturated rings. The van der Waals surface area contributed by atoms with Crippen molar-refractivity contribution in [1.82, 2.24) is 15.6 Å². The molecule has 5 heteroatoms. The molecule has 1 unspecified atom stereocenters. The Hall–Kier alpha value is -1.72. The molecule has 5 nitrogen and oxygen atoms in total. The minimum atomic E-state index is 0.284. The lowest BCUT2D eigenvalue weighted by molar-refractivity contribution is 0.536. The Bertz CT molecular complexity index is 508. The molecule has 134 valence electrons. The second kappa shape index (κ2) is 11.8. The molecule has 0 spiro atoms. The Morgan fingerprint density at radius 1 is 1.29 bits per heavy atom. The van der Waals surface area contributed by atoms with Crippen molar-refractivity contribution in [3.8, 4) is 0 Å². The van der Waals surface area contributed by atoms with Gasteiger partial charge in [-0.2, -0.15) is 0 Å². The summed E-state index contributed by atoms with van der Waals surface area (Å²) in [6.45, 7) is 10.2. The van der Waals surface area contributed by atoms with Crippen molar-refractivity contribution in [2.45, 2.75) is 65.6 Å². The molecule has 0 aliphatic heterocycles. The second-order valence-corrected chi connectivity index (χ2v) is 6.43. The van der Waals surface area contributed by atoms with Gasteiger partial charge in [-0.25, -0.2) is 0 Å². The zero-order chi connectivity index (χ0) is 17.8. The van der Waals surface area contributed by atoms with E-state index in [0.717, 1.165) is 43.7 Å². The Morgan fingerprint density at radius 2 is 2.08 bits per heavy atom. The zero-order valence-electron chi connectivity index (χ0n) is 15.5. The van der Waals surface area contributed by atoms with Gasteiger partial charge in [-0.1, -0.05) is 33.3 Å². The summed E-state index contributed by atoms with van der Waals surface area (Å²) >= 11 is 0. The molecule has 1 aromatic heterocycles. The fourth-order valence-electron chi connectivity index (χ4n) is 2.32. The highest BCUT2D eigenvalue weighted by atomic mass is 14.9. The lowest BCUT2D eigenvalue weighted by Gasteiger charge is -2.15. The van der Waals surface area contributed by atoms with Crippen LogP contribution >= 0.6 is 0 Å². The van der Waals surface area contributed by atoms with E-state index in [1.165, 1.54) is 5.71 Å². The molecule has 0 saturated heterocycles. The molecule has 0 bridgehead atoms. The van der Waals surface area contributed by atoms with Crippen LogP contribution in [0.3, 0.4) is 0 Å². The van der Waals surface area contributed by atoms with Crippen molar-refractivity contribution in [3.63, 3.8) is 0 Å². The van der Waals surface area contributed by atoms with Crippen molar-refractivity contribution in [3.05, 3.63) is 42.0 Å². The molecule has 1 aromatic rings. The number of nitrogens with two attached hydrogens (primary N) is 1. The molecule has 4 N–H and O–H groups in total. The number of aliphatic imine (C=N–C) groups is 1. The minimum absolute atomic E-state index is 0.284. The summed E-state index contributed by atoms with van der Waals surface area (Å²) in [5, 5.41) is 6.91. The van der Waals surface area contributed by atoms with Crippen molar-refractivity contribution < 1.29 is 0 Å². The van der Waals surface area contributed by atoms with E-state index in [9.17, 15) is 0 Å². The molecule has 24 heavy (non-hydrogen) atoms. The third kappa shape index (κ3) is 8.79. The summed E-state index contributed by atoms with van der Waals surface area (Å²) in [6, 6.07) is 6.69. The van der Waals surface area contributed by atoms with E-state index < -0.39 is 0 Å². The van der Waals surface area contributed by atoms with Crippen molar-refractivity contribution >= 4 is 5.71 Å². The van der Waals surface area contributed by atoms with Crippen LogP contribution in [-0.2, 0) is 6.54 Å². The first-order valence-electron chi connectivity index (χ1n) is 8.89. The Kier molecular flexibility index (Phi) is 9.96. The van der Waals surface area contributed by atoms with Crippen molar-refractivity contribution in [2.75, 3.05) is 6.54 Å². The lowest BCUT2D eigenvalue weighted by Crippen LogP contribution is -2.30. The van der Waals surface area contributed by atoms with Crippen LogP contribution in [-0.4, -0.2) is 29.3 Å². The van der Waals surface area contributed by atoms with Gasteiger partial charge >= 0.3 is 0 Å². The molecule has 0 saturated carbocycles.